The van der Waals surface area contributed by atoms with Crippen LogP contribution in [0, 0.1) is 10.1 Å². The van der Waals surface area contributed by atoms with Crippen LogP contribution in [0.4, 0.5) is 11.4 Å². The van der Waals surface area contributed by atoms with Gasteiger partial charge in [-0.05, 0) is 34.9 Å². The van der Waals surface area contributed by atoms with Crippen molar-refractivity contribution in [2.45, 2.75) is 13.1 Å². The van der Waals surface area contributed by atoms with E-state index in [1.807, 2.05) is 42.5 Å². The number of hydrogen-bond acceptors (Lipinski definition) is 5. The fraction of sp³-hybridized carbons (Fsp3) is 0.0952. The molecule has 6 heteroatoms. The zero-order valence-electron chi connectivity index (χ0n) is 14.8. The van der Waals surface area contributed by atoms with Gasteiger partial charge >= 0.3 is 0 Å². The Hall–Kier alpha value is -3.51. The number of nitrogens with zero attached hydrogens (tertiary/aromatic N) is 2. The van der Waals surface area contributed by atoms with Crippen LogP contribution < -0.4 is 11.1 Å². The van der Waals surface area contributed by atoms with Crippen LogP contribution in [0.5, 0.6) is 0 Å². The van der Waals surface area contributed by atoms with Crippen LogP contribution in [-0.4, -0.2) is 9.91 Å². The highest BCUT2D eigenvalue weighted by molar-refractivity contribution is 5.85. The van der Waals surface area contributed by atoms with Gasteiger partial charge in [0.15, 0.2) is 0 Å². The molecule has 0 amide bonds. The van der Waals surface area contributed by atoms with Crippen LogP contribution in [-0.2, 0) is 13.1 Å². The molecular weight excluding hydrogens is 340 g/mol. The van der Waals surface area contributed by atoms with E-state index in [0.29, 0.717) is 35.5 Å². The van der Waals surface area contributed by atoms with Gasteiger partial charge < -0.3 is 11.1 Å². The number of nitrogens with one attached hydrogen (secondary N) is 1. The number of nitrogens with two attached hydrogens (primary N) is 1. The van der Waals surface area contributed by atoms with E-state index in [1.54, 1.807) is 18.5 Å². The largest absolute Gasteiger partial charge is 0.398 e. The summed E-state index contributed by atoms with van der Waals surface area (Å²) in [7, 11) is 0. The van der Waals surface area contributed by atoms with Gasteiger partial charge in [0.2, 0.25) is 0 Å². The summed E-state index contributed by atoms with van der Waals surface area (Å²) >= 11 is 0. The Morgan fingerprint density at radius 3 is 2.48 bits per heavy atom. The highest BCUT2D eigenvalue weighted by atomic mass is 16.6. The van der Waals surface area contributed by atoms with Crippen molar-refractivity contribution in [2.75, 3.05) is 5.73 Å². The molecule has 0 saturated carbocycles. The standard InChI is InChI=1S/C21H20N4O2/c1-15(17-7-9-23-10-8-17)19-11-18(21(25(26)27)12-20(19)22)14-24-13-16-5-3-2-4-6-16/h2-12,24H,1,13-14,22H2. The maximum absolute atomic E-state index is 11.4. The Morgan fingerprint density at radius 2 is 1.81 bits per heavy atom. The molecule has 6 nitrogen and oxygen atoms in total. The average Bonchev–Trinajstić information content (AvgIpc) is 2.69. The minimum absolute atomic E-state index is 0.000611. The Morgan fingerprint density at radius 1 is 1.11 bits per heavy atom. The van der Waals surface area contributed by atoms with E-state index >= 15 is 0 Å². The highest BCUT2D eigenvalue weighted by Crippen LogP contribution is 2.32. The lowest BCUT2D eigenvalue weighted by Crippen LogP contribution is -2.14. The van der Waals surface area contributed by atoms with Crippen LogP contribution in [0.25, 0.3) is 5.57 Å². The van der Waals surface area contributed by atoms with Gasteiger partial charge in [-0.25, -0.2) is 0 Å². The Kier molecular flexibility index (Phi) is 5.58. The Balaban J connectivity index is 1.87. The molecular formula is C21H20N4O2. The molecule has 27 heavy (non-hydrogen) atoms. The number of nitrogen functional groups attached to an aromatic ring is 1. The van der Waals surface area contributed by atoms with Crippen molar-refractivity contribution >= 4 is 16.9 Å². The predicted octanol–water partition coefficient (Wildman–Crippen LogP) is 3.92. The molecule has 1 heterocycles. The van der Waals surface area contributed by atoms with Crippen molar-refractivity contribution in [1.29, 1.82) is 0 Å². The zero-order valence-corrected chi connectivity index (χ0v) is 14.8. The van der Waals surface area contributed by atoms with Crippen LogP contribution >= 0.6 is 0 Å². The van der Waals surface area contributed by atoms with E-state index < -0.39 is 4.92 Å². The van der Waals surface area contributed by atoms with Crippen molar-refractivity contribution in [2.24, 2.45) is 0 Å². The molecule has 0 radical (unpaired) electrons. The summed E-state index contributed by atoms with van der Waals surface area (Å²) in [5.41, 5.74) is 10.3. The SMILES string of the molecule is C=C(c1ccncc1)c1cc(CNCc2ccccc2)c([N+](=O)[O-])cc1N. The zero-order chi connectivity index (χ0) is 19.2. The number of hydrogen-bond donors (Lipinski definition) is 2. The second-order valence-electron chi connectivity index (χ2n) is 6.13. The minimum Gasteiger partial charge on any atom is -0.398 e. The number of nitro groups is 1. The van der Waals surface area contributed by atoms with E-state index in [9.17, 15) is 10.1 Å². The quantitative estimate of drug-likeness (QED) is 0.378. The first-order valence-corrected chi connectivity index (χ1v) is 8.47. The van der Waals surface area contributed by atoms with Gasteiger partial charge in [-0.3, -0.25) is 15.1 Å². The molecule has 3 rings (SSSR count). The Bertz CT molecular complexity index is 957. The van der Waals surface area contributed by atoms with Gasteiger partial charge in [0.05, 0.1) is 4.92 Å². The van der Waals surface area contributed by atoms with Crippen molar-refractivity contribution < 1.29 is 4.92 Å². The molecule has 136 valence electrons. The summed E-state index contributed by atoms with van der Waals surface area (Å²) in [6.07, 6.45) is 3.34. The van der Waals surface area contributed by atoms with E-state index in [0.717, 1.165) is 11.1 Å². The normalized spacial score (nSPS) is 10.5. The highest BCUT2D eigenvalue weighted by Gasteiger charge is 2.18. The molecule has 0 spiro atoms. The van der Waals surface area contributed by atoms with Crippen LogP contribution in [0.3, 0.4) is 0 Å². The summed E-state index contributed by atoms with van der Waals surface area (Å²) in [5, 5.41) is 14.7. The minimum atomic E-state index is -0.408. The lowest BCUT2D eigenvalue weighted by atomic mass is 9.96. The summed E-state index contributed by atoms with van der Waals surface area (Å²) in [4.78, 5) is 15.0. The van der Waals surface area contributed by atoms with Gasteiger partial charge in [-0.15, -0.1) is 0 Å². The van der Waals surface area contributed by atoms with E-state index in [-0.39, 0.29) is 5.69 Å². The topological polar surface area (TPSA) is 94.1 Å². The Labute approximate surface area is 157 Å². The lowest BCUT2D eigenvalue weighted by molar-refractivity contribution is -0.385. The summed E-state index contributed by atoms with van der Waals surface area (Å²) in [6, 6.07) is 16.7. The number of pyridine rings is 1. The number of rotatable bonds is 7. The van der Waals surface area contributed by atoms with E-state index in [1.165, 1.54) is 6.07 Å². The van der Waals surface area contributed by atoms with Crippen LogP contribution in [0.1, 0.15) is 22.3 Å². The first kappa shape index (κ1) is 18.3. The molecule has 0 bridgehead atoms. The third-order valence-electron chi connectivity index (χ3n) is 4.29. The smallest absolute Gasteiger partial charge is 0.275 e. The molecule has 0 aliphatic carbocycles. The third-order valence-corrected chi connectivity index (χ3v) is 4.29. The third kappa shape index (κ3) is 4.37. The molecule has 3 N–H and O–H groups in total. The number of aromatic nitrogens is 1. The van der Waals surface area contributed by atoms with E-state index in [4.69, 9.17) is 5.73 Å². The number of anilines is 1. The molecule has 0 aliphatic heterocycles. The first-order chi connectivity index (χ1) is 13.1. The molecule has 3 aromatic rings. The second-order valence-corrected chi connectivity index (χ2v) is 6.13. The lowest BCUT2D eigenvalue weighted by Gasteiger charge is -2.13. The van der Waals surface area contributed by atoms with E-state index in [2.05, 4.69) is 16.9 Å². The van der Waals surface area contributed by atoms with Gasteiger partial charge in [0.25, 0.3) is 5.69 Å². The average molecular weight is 360 g/mol. The van der Waals surface area contributed by atoms with Crippen molar-refractivity contribution in [3.05, 3.63) is 106 Å². The predicted molar refractivity (Wildman–Crippen MR) is 107 cm³/mol. The fourth-order valence-electron chi connectivity index (χ4n) is 2.87. The van der Waals surface area contributed by atoms with Crippen LogP contribution in [0.15, 0.2) is 73.6 Å². The van der Waals surface area contributed by atoms with Gasteiger partial charge in [0, 0.05) is 48.4 Å². The molecule has 1 aromatic heterocycles. The molecule has 0 fully saturated rings. The van der Waals surface area contributed by atoms with Crippen molar-refractivity contribution in [3.63, 3.8) is 0 Å². The van der Waals surface area contributed by atoms with Gasteiger partial charge in [-0.2, -0.15) is 0 Å². The number of benzene rings is 2. The maximum atomic E-state index is 11.4. The second kappa shape index (κ2) is 8.25. The van der Waals surface area contributed by atoms with Gasteiger partial charge in [0.1, 0.15) is 0 Å². The first-order valence-electron chi connectivity index (χ1n) is 8.47. The number of nitro benzene ring substituents is 1. The summed E-state index contributed by atoms with van der Waals surface area (Å²) in [5.74, 6) is 0. The molecule has 2 aromatic carbocycles. The molecule has 0 atom stereocenters. The van der Waals surface area contributed by atoms with Crippen molar-refractivity contribution in [1.82, 2.24) is 10.3 Å². The maximum Gasteiger partial charge on any atom is 0.275 e. The fourth-order valence-corrected chi connectivity index (χ4v) is 2.87. The molecule has 0 unspecified atom stereocenters. The molecule has 0 aliphatic rings. The van der Waals surface area contributed by atoms with Gasteiger partial charge in [-0.1, -0.05) is 36.9 Å². The van der Waals surface area contributed by atoms with Crippen molar-refractivity contribution in [3.8, 4) is 0 Å². The molecule has 0 saturated heterocycles. The summed E-state index contributed by atoms with van der Waals surface area (Å²) < 4.78 is 0. The van der Waals surface area contributed by atoms with Crippen LogP contribution in [0.2, 0.25) is 0 Å². The monoisotopic (exact) mass is 360 g/mol. The summed E-state index contributed by atoms with van der Waals surface area (Å²) in [6.45, 7) is 5.06.